The van der Waals surface area contributed by atoms with E-state index in [1.165, 1.54) is 11.8 Å². The topological polar surface area (TPSA) is 60.5 Å². The summed E-state index contributed by atoms with van der Waals surface area (Å²) in [5, 5.41) is 4.09. The van der Waals surface area contributed by atoms with Crippen molar-refractivity contribution in [2.45, 2.75) is 9.92 Å². The van der Waals surface area contributed by atoms with Gasteiger partial charge in [-0.3, -0.25) is 4.79 Å². The van der Waals surface area contributed by atoms with Crippen LogP contribution in [0.2, 0.25) is 5.02 Å². The fourth-order valence-electron chi connectivity index (χ4n) is 2.60. The average molecular weight is 399 g/mol. The van der Waals surface area contributed by atoms with Crippen LogP contribution in [0, 0.1) is 0 Å². The zero-order chi connectivity index (χ0) is 18.6. The quantitative estimate of drug-likeness (QED) is 0.676. The first-order valence-electron chi connectivity index (χ1n) is 8.29. The molecule has 2 heterocycles. The molecule has 1 aromatic heterocycles. The van der Waals surface area contributed by atoms with Gasteiger partial charge < -0.3 is 14.8 Å². The molecule has 4 rings (SSSR count). The lowest BCUT2D eigenvalue weighted by Gasteiger charge is -2.19. The minimum absolute atomic E-state index is 0.255. The first-order valence-corrected chi connectivity index (χ1v) is 9.48. The van der Waals surface area contributed by atoms with E-state index in [9.17, 15) is 4.79 Å². The normalized spacial score (nSPS) is 12.5. The van der Waals surface area contributed by atoms with Gasteiger partial charge in [0.25, 0.3) is 5.91 Å². The maximum atomic E-state index is 12.8. The van der Waals surface area contributed by atoms with Crippen molar-refractivity contribution < 1.29 is 14.3 Å². The number of fused-ring (bicyclic) bond motifs is 1. The summed E-state index contributed by atoms with van der Waals surface area (Å²) in [6.07, 6.45) is 1.65. The molecule has 1 aliphatic rings. The lowest BCUT2D eigenvalue weighted by molar-refractivity contribution is 0.102. The zero-order valence-electron chi connectivity index (χ0n) is 14.1. The van der Waals surface area contributed by atoms with Crippen molar-refractivity contribution in [3.8, 4) is 11.5 Å². The third kappa shape index (κ3) is 4.02. The standard InChI is InChI=1S/C20H15ClN2O3S/c21-15-5-1-2-6-18(15)27-20-14(4-3-9-22-20)19(24)23-13-7-8-16-17(12-13)26-11-10-25-16/h1-9,12H,10-11H2,(H,23,24). The van der Waals surface area contributed by atoms with Gasteiger partial charge in [-0.1, -0.05) is 35.5 Å². The van der Waals surface area contributed by atoms with E-state index in [0.29, 0.717) is 46.0 Å². The Morgan fingerprint density at radius 2 is 1.85 bits per heavy atom. The van der Waals surface area contributed by atoms with E-state index in [1.807, 2.05) is 24.3 Å². The molecule has 1 N–H and O–H groups in total. The van der Waals surface area contributed by atoms with Gasteiger partial charge in [-0.2, -0.15) is 0 Å². The number of benzene rings is 2. The summed E-state index contributed by atoms with van der Waals surface area (Å²) in [4.78, 5) is 18.0. The van der Waals surface area contributed by atoms with E-state index >= 15 is 0 Å². The van der Waals surface area contributed by atoms with E-state index in [2.05, 4.69) is 10.3 Å². The van der Waals surface area contributed by atoms with Gasteiger partial charge in [0, 0.05) is 22.8 Å². The molecule has 0 atom stereocenters. The second-order valence-electron chi connectivity index (χ2n) is 5.70. The first-order chi connectivity index (χ1) is 13.2. The van der Waals surface area contributed by atoms with Crippen molar-refractivity contribution in [3.05, 3.63) is 71.4 Å². The third-order valence-corrected chi connectivity index (χ3v) is 5.40. The number of rotatable bonds is 4. The van der Waals surface area contributed by atoms with Crippen LogP contribution in [0.5, 0.6) is 11.5 Å². The van der Waals surface area contributed by atoms with Crippen molar-refractivity contribution in [2.24, 2.45) is 0 Å². The van der Waals surface area contributed by atoms with Crippen LogP contribution in [0.3, 0.4) is 0 Å². The predicted molar refractivity (Wildman–Crippen MR) is 105 cm³/mol. The van der Waals surface area contributed by atoms with Crippen LogP contribution in [-0.2, 0) is 0 Å². The van der Waals surface area contributed by atoms with Crippen molar-refractivity contribution in [2.75, 3.05) is 18.5 Å². The summed E-state index contributed by atoms with van der Waals surface area (Å²) >= 11 is 7.58. The number of nitrogens with one attached hydrogen (secondary N) is 1. The predicted octanol–water partition coefficient (Wildman–Crippen LogP) is 4.91. The molecule has 0 unspecified atom stereocenters. The number of amides is 1. The second kappa shape index (κ2) is 7.90. The highest BCUT2D eigenvalue weighted by Crippen LogP contribution is 2.35. The molecule has 2 aromatic carbocycles. The molecule has 0 fully saturated rings. The molecule has 7 heteroatoms. The number of ether oxygens (including phenoxy) is 2. The Hall–Kier alpha value is -2.70. The zero-order valence-corrected chi connectivity index (χ0v) is 15.7. The van der Waals surface area contributed by atoms with Gasteiger partial charge in [-0.25, -0.2) is 4.98 Å². The number of hydrogen-bond acceptors (Lipinski definition) is 5. The smallest absolute Gasteiger partial charge is 0.258 e. The molecule has 3 aromatic rings. The average Bonchev–Trinajstić information content (AvgIpc) is 2.70. The fraction of sp³-hybridized carbons (Fsp3) is 0.100. The fourth-order valence-corrected chi connectivity index (χ4v) is 3.75. The van der Waals surface area contributed by atoms with Crippen LogP contribution in [-0.4, -0.2) is 24.1 Å². The third-order valence-electron chi connectivity index (χ3n) is 3.86. The summed E-state index contributed by atoms with van der Waals surface area (Å²) in [6.45, 7) is 1.02. The van der Waals surface area contributed by atoms with Crippen molar-refractivity contribution in [3.63, 3.8) is 0 Å². The van der Waals surface area contributed by atoms with Crippen LogP contribution in [0.25, 0.3) is 0 Å². The van der Waals surface area contributed by atoms with Gasteiger partial charge in [0.05, 0.1) is 10.6 Å². The van der Waals surface area contributed by atoms with E-state index in [1.54, 1.807) is 36.5 Å². The van der Waals surface area contributed by atoms with Crippen molar-refractivity contribution >= 4 is 35.0 Å². The molecule has 0 bridgehead atoms. The van der Waals surface area contributed by atoms with Gasteiger partial charge >= 0.3 is 0 Å². The summed E-state index contributed by atoms with van der Waals surface area (Å²) in [5.74, 6) is 1.04. The molecule has 1 amide bonds. The Morgan fingerprint density at radius 3 is 2.70 bits per heavy atom. The number of carbonyl (C=O) groups excluding carboxylic acids is 1. The Labute approximate surface area is 165 Å². The van der Waals surface area contributed by atoms with Crippen molar-refractivity contribution in [1.82, 2.24) is 4.98 Å². The highest BCUT2D eigenvalue weighted by atomic mass is 35.5. The molecular formula is C20H15ClN2O3S. The molecule has 0 saturated carbocycles. The molecule has 1 aliphatic heterocycles. The molecule has 0 saturated heterocycles. The number of aromatic nitrogens is 1. The van der Waals surface area contributed by atoms with E-state index in [0.717, 1.165) is 4.90 Å². The van der Waals surface area contributed by atoms with E-state index in [-0.39, 0.29) is 5.91 Å². The Morgan fingerprint density at radius 1 is 1.04 bits per heavy atom. The number of nitrogens with zero attached hydrogens (tertiary/aromatic N) is 1. The van der Waals surface area contributed by atoms with Crippen molar-refractivity contribution in [1.29, 1.82) is 0 Å². The Kier molecular flexibility index (Phi) is 5.18. The number of anilines is 1. The molecule has 27 heavy (non-hydrogen) atoms. The van der Waals surface area contributed by atoms with Gasteiger partial charge in [-0.05, 0) is 36.4 Å². The summed E-state index contributed by atoms with van der Waals surface area (Å²) in [5.41, 5.74) is 1.10. The number of halogens is 1. The maximum absolute atomic E-state index is 12.8. The molecule has 0 aliphatic carbocycles. The lowest BCUT2D eigenvalue weighted by Crippen LogP contribution is -2.17. The Balaban J connectivity index is 1.57. The van der Waals surface area contributed by atoms with Crippen LogP contribution < -0.4 is 14.8 Å². The minimum atomic E-state index is -0.255. The van der Waals surface area contributed by atoms with Gasteiger partial charge in [-0.15, -0.1) is 0 Å². The van der Waals surface area contributed by atoms with Crippen LogP contribution >= 0.6 is 23.4 Å². The van der Waals surface area contributed by atoms with E-state index < -0.39 is 0 Å². The summed E-state index contributed by atoms with van der Waals surface area (Å²) in [6, 6.07) is 16.2. The van der Waals surface area contributed by atoms with Gasteiger partial charge in [0.2, 0.25) is 0 Å². The monoisotopic (exact) mass is 398 g/mol. The summed E-state index contributed by atoms with van der Waals surface area (Å²) < 4.78 is 11.1. The van der Waals surface area contributed by atoms with Crippen LogP contribution in [0.15, 0.2) is 70.7 Å². The minimum Gasteiger partial charge on any atom is -0.486 e. The number of pyridine rings is 1. The number of carbonyl (C=O) groups is 1. The van der Waals surface area contributed by atoms with Crippen LogP contribution in [0.4, 0.5) is 5.69 Å². The van der Waals surface area contributed by atoms with Gasteiger partial charge in [0.15, 0.2) is 11.5 Å². The largest absolute Gasteiger partial charge is 0.486 e. The highest BCUT2D eigenvalue weighted by molar-refractivity contribution is 7.99. The summed E-state index contributed by atoms with van der Waals surface area (Å²) in [7, 11) is 0. The second-order valence-corrected chi connectivity index (χ2v) is 7.14. The molecule has 0 radical (unpaired) electrons. The van der Waals surface area contributed by atoms with Crippen LogP contribution in [0.1, 0.15) is 10.4 Å². The molecule has 0 spiro atoms. The molecular weight excluding hydrogens is 384 g/mol. The Bertz CT molecular complexity index is 996. The lowest BCUT2D eigenvalue weighted by atomic mass is 10.2. The SMILES string of the molecule is O=C(Nc1ccc2c(c1)OCCO2)c1cccnc1Sc1ccccc1Cl. The maximum Gasteiger partial charge on any atom is 0.258 e. The van der Waals surface area contributed by atoms with E-state index in [4.69, 9.17) is 21.1 Å². The number of hydrogen-bond donors (Lipinski definition) is 1. The first kappa shape index (κ1) is 17.7. The molecule has 5 nitrogen and oxygen atoms in total. The molecule has 136 valence electrons. The van der Waals surface area contributed by atoms with Gasteiger partial charge in [0.1, 0.15) is 18.2 Å². The highest BCUT2D eigenvalue weighted by Gasteiger charge is 2.17.